The molecule has 3 heterocycles. The SMILES string of the molecule is Nc1ccc(N2Cc3cncnc3C2)nc1. The fraction of sp³-hybridized carbons (Fsp3) is 0.182. The summed E-state index contributed by atoms with van der Waals surface area (Å²) in [5.74, 6) is 0.923. The number of rotatable bonds is 1. The highest BCUT2D eigenvalue weighted by molar-refractivity contribution is 5.48. The van der Waals surface area contributed by atoms with E-state index >= 15 is 0 Å². The van der Waals surface area contributed by atoms with Gasteiger partial charge in [0, 0.05) is 18.3 Å². The summed E-state index contributed by atoms with van der Waals surface area (Å²) in [6.07, 6.45) is 5.11. The maximum absolute atomic E-state index is 5.61. The molecule has 0 aliphatic carbocycles. The van der Waals surface area contributed by atoms with Crippen LogP contribution in [0.1, 0.15) is 11.3 Å². The second kappa shape index (κ2) is 3.44. The lowest BCUT2D eigenvalue weighted by atomic mass is 10.3. The molecule has 0 spiro atoms. The molecule has 0 fully saturated rings. The van der Waals surface area contributed by atoms with Crippen LogP contribution in [-0.4, -0.2) is 15.0 Å². The summed E-state index contributed by atoms with van der Waals surface area (Å²) >= 11 is 0. The molecule has 3 rings (SSSR count). The molecule has 0 saturated heterocycles. The number of fused-ring (bicyclic) bond motifs is 1. The molecule has 1 aliphatic rings. The molecule has 0 bridgehead atoms. The van der Waals surface area contributed by atoms with Crippen molar-refractivity contribution in [2.75, 3.05) is 10.6 Å². The van der Waals surface area contributed by atoms with Crippen molar-refractivity contribution in [1.29, 1.82) is 0 Å². The number of anilines is 2. The molecular formula is C11H11N5. The summed E-state index contributed by atoms with van der Waals surface area (Å²) in [5.41, 5.74) is 8.53. The molecule has 80 valence electrons. The first-order valence-electron chi connectivity index (χ1n) is 5.07. The minimum Gasteiger partial charge on any atom is -0.397 e. The van der Waals surface area contributed by atoms with Crippen LogP contribution < -0.4 is 10.6 Å². The van der Waals surface area contributed by atoms with Crippen molar-refractivity contribution in [3.05, 3.63) is 42.1 Å². The van der Waals surface area contributed by atoms with Crippen LogP contribution in [0.4, 0.5) is 11.5 Å². The third kappa shape index (κ3) is 1.46. The highest BCUT2D eigenvalue weighted by Gasteiger charge is 2.20. The number of nitrogens with two attached hydrogens (primary N) is 1. The molecular weight excluding hydrogens is 202 g/mol. The molecule has 0 aromatic carbocycles. The fourth-order valence-corrected chi connectivity index (χ4v) is 1.85. The van der Waals surface area contributed by atoms with Gasteiger partial charge in [-0.25, -0.2) is 15.0 Å². The lowest BCUT2D eigenvalue weighted by Crippen LogP contribution is -2.15. The maximum atomic E-state index is 5.61. The van der Waals surface area contributed by atoms with Crippen LogP contribution in [-0.2, 0) is 13.1 Å². The third-order valence-corrected chi connectivity index (χ3v) is 2.68. The van der Waals surface area contributed by atoms with Gasteiger partial charge in [-0.05, 0) is 12.1 Å². The van der Waals surface area contributed by atoms with Gasteiger partial charge in [-0.3, -0.25) is 0 Å². The van der Waals surface area contributed by atoms with E-state index in [0.29, 0.717) is 5.69 Å². The molecule has 0 radical (unpaired) electrons. The number of hydrogen-bond donors (Lipinski definition) is 1. The average Bonchev–Trinajstić information content (AvgIpc) is 2.73. The van der Waals surface area contributed by atoms with Crippen molar-refractivity contribution in [1.82, 2.24) is 15.0 Å². The highest BCUT2D eigenvalue weighted by atomic mass is 15.2. The van der Waals surface area contributed by atoms with Gasteiger partial charge >= 0.3 is 0 Å². The Kier molecular flexibility index (Phi) is 1.96. The van der Waals surface area contributed by atoms with E-state index in [0.717, 1.165) is 24.6 Å². The zero-order chi connectivity index (χ0) is 11.0. The van der Waals surface area contributed by atoms with Crippen molar-refractivity contribution >= 4 is 11.5 Å². The molecule has 2 aromatic rings. The van der Waals surface area contributed by atoms with Crippen LogP contribution in [0.5, 0.6) is 0 Å². The summed E-state index contributed by atoms with van der Waals surface area (Å²) in [7, 11) is 0. The van der Waals surface area contributed by atoms with Crippen molar-refractivity contribution in [2.45, 2.75) is 13.1 Å². The third-order valence-electron chi connectivity index (χ3n) is 2.68. The van der Waals surface area contributed by atoms with Crippen LogP contribution in [0.2, 0.25) is 0 Å². The van der Waals surface area contributed by atoms with Crippen LogP contribution in [0.15, 0.2) is 30.9 Å². The summed E-state index contributed by atoms with van der Waals surface area (Å²) < 4.78 is 0. The second-order valence-electron chi connectivity index (χ2n) is 3.80. The lowest BCUT2D eigenvalue weighted by molar-refractivity contribution is 0.849. The van der Waals surface area contributed by atoms with E-state index in [1.54, 1.807) is 12.5 Å². The summed E-state index contributed by atoms with van der Waals surface area (Å²) in [6, 6.07) is 3.78. The van der Waals surface area contributed by atoms with Crippen LogP contribution in [0, 0.1) is 0 Å². The number of hydrogen-bond acceptors (Lipinski definition) is 5. The van der Waals surface area contributed by atoms with Crippen molar-refractivity contribution in [2.24, 2.45) is 0 Å². The monoisotopic (exact) mass is 213 g/mol. The molecule has 1 aliphatic heterocycles. The van der Waals surface area contributed by atoms with Crippen molar-refractivity contribution in [3.8, 4) is 0 Å². The van der Waals surface area contributed by atoms with E-state index in [4.69, 9.17) is 5.73 Å². The van der Waals surface area contributed by atoms with E-state index in [2.05, 4.69) is 19.9 Å². The van der Waals surface area contributed by atoms with Gasteiger partial charge in [0.05, 0.1) is 24.1 Å². The van der Waals surface area contributed by atoms with E-state index in [-0.39, 0.29) is 0 Å². The summed E-state index contributed by atoms with van der Waals surface area (Å²) in [6.45, 7) is 1.60. The predicted molar refractivity (Wildman–Crippen MR) is 60.6 cm³/mol. The highest BCUT2D eigenvalue weighted by Crippen LogP contribution is 2.24. The van der Waals surface area contributed by atoms with Gasteiger partial charge in [-0.2, -0.15) is 0 Å². The van der Waals surface area contributed by atoms with E-state index in [1.165, 1.54) is 5.56 Å². The lowest BCUT2D eigenvalue weighted by Gasteiger charge is -2.15. The Balaban J connectivity index is 1.88. The van der Waals surface area contributed by atoms with Crippen LogP contribution in [0.25, 0.3) is 0 Å². The normalized spacial score (nSPS) is 13.9. The zero-order valence-corrected chi connectivity index (χ0v) is 8.67. The summed E-state index contributed by atoms with van der Waals surface area (Å²) in [4.78, 5) is 14.7. The Morgan fingerprint density at radius 1 is 1.12 bits per heavy atom. The van der Waals surface area contributed by atoms with Gasteiger partial charge < -0.3 is 10.6 Å². The summed E-state index contributed by atoms with van der Waals surface area (Å²) in [5, 5.41) is 0. The van der Waals surface area contributed by atoms with E-state index < -0.39 is 0 Å². The largest absolute Gasteiger partial charge is 0.397 e. The quantitative estimate of drug-likeness (QED) is 0.764. The van der Waals surface area contributed by atoms with Gasteiger partial charge in [0.1, 0.15) is 12.1 Å². The smallest absolute Gasteiger partial charge is 0.129 e. The first-order chi connectivity index (χ1) is 7.83. The van der Waals surface area contributed by atoms with Gasteiger partial charge in [-0.15, -0.1) is 0 Å². The Morgan fingerprint density at radius 3 is 2.81 bits per heavy atom. The van der Waals surface area contributed by atoms with Crippen LogP contribution >= 0.6 is 0 Å². The molecule has 5 heteroatoms. The topological polar surface area (TPSA) is 67.9 Å². The number of aromatic nitrogens is 3. The number of nitrogen functional groups attached to an aromatic ring is 1. The Labute approximate surface area is 93.0 Å². The Morgan fingerprint density at radius 2 is 2.06 bits per heavy atom. The maximum Gasteiger partial charge on any atom is 0.129 e. The second-order valence-corrected chi connectivity index (χ2v) is 3.80. The molecule has 0 atom stereocenters. The van der Waals surface area contributed by atoms with Crippen molar-refractivity contribution < 1.29 is 0 Å². The van der Waals surface area contributed by atoms with Gasteiger partial charge in [0.2, 0.25) is 0 Å². The number of nitrogens with zero attached hydrogens (tertiary/aromatic N) is 4. The molecule has 0 unspecified atom stereocenters. The zero-order valence-electron chi connectivity index (χ0n) is 8.67. The van der Waals surface area contributed by atoms with E-state index in [9.17, 15) is 0 Å². The van der Waals surface area contributed by atoms with Crippen LogP contribution in [0.3, 0.4) is 0 Å². The average molecular weight is 213 g/mol. The first-order valence-corrected chi connectivity index (χ1v) is 5.07. The van der Waals surface area contributed by atoms with Gasteiger partial charge in [0.15, 0.2) is 0 Å². The molecule has 2 N–H and O–H groups in total. The standard InChI is InChI=1S/C11H11N5/c12-9-1-2-11(14-4-9)16-5-8-3-13-7-15-10(8)6-16/h1-4,7H,5-6,12H2. The van der Waals surface area contributed by atoms with Gasteiger partial charge in [0.25, 0.3) is 0 Å². The first kappa shape index (κ1) is 9.08. The predicted octanol–water partition coefficient (Wildman–Crippen LogP) is 0.974. The Hall–Kier alpha value is -2.17. The van der Waals surface area contributed by atoms with E-state index in [1.807, 2.05) is 18.3 Å². The minimum atomic E-state index is 0.681. The number of pyridine rings is 1. The fourth-order valence-electron chi connectivity index (χ4n) is 1.85. The molecule has 16 heavy (non-hydrogen) atoms. The molecule has 2 aromatic heterocycles. The minimum absolute atomic E-state index is 0.681. The van der Waals surface area contributed by atoms with Crippen molar-refractivity contribution in [3.63, 3.8) is 0 Å². The Bertz CT molecular complexity index is 483. The molecule has 5 nitrogen and oxygen atoms in total. The van der Waals surface area contributed by atoms with Gasteiger partial charge in [-0.1, -0.05) is 0 Å². The molecule has 0 amide bonds. The molecule has 0 saturated carbocycles.